The lowest BCUT2D eigenvalue weighted by Gasteiger charge is -2.46. The predicted octanol–water partition coefficient (Wildman–Crippen LogP) is 16.0. The first-order chi connectivity index (χ1) is 33.8. The van der Waals surface area contributed by atoms with Crippen LogP contribution in [-0.4, -0.2) is 11.3 Å². The van der Waals surface area contributed by atoms with Crippen molar-refractivity contribution < 1.29 is 4.42 Å². The largest absolute Gasteiger partial charge is 0.455 e. The van der Waals surface area contributed by atoms with E-state index >= 15 is 0 Å². The van der Waals surface area contributed by atoms with Gasteiger partial charge >= 0.3 is 0 Å². The number of nitrogens with zero attached hydrogens (tertiary/aromatic N) is 3. The molecule has 4 nitrogen and oxygen atoms in total. The van der Waals surface area contributed by atoms with Crippen LogP contribution in [0.1, 0.15) is 69.4 Å². The number of hydrogen-bond acceptors (Lipinski definition) is 3. The predicted molar refractivity (Wildman–Crippen MR) is 299 cm³/mol. The van der Waals surface area contributed by atoms with Gasteiger partial charge in [-0.15, -0.1) is 0 Å². The normalized spacial score (nSPS) is 13.4. The second kappa shape index (κ2) is 15.1. The third-order valence-electron chi connectivity index (χ3n) is 15.5. The van der Waals surface area contributed by atoms with Gasteiger partial charge in [-0.1, -0.05) is 157 Å². The number of rotatable bonds is 4. The molecular weight excluding hydrogens is 850 g/mol. The summed E-state index contributed by atoms with van der Waals surface area (Å²) >= 11 is 0. The van der Waals surface area contributed by atoms with E-state index in [1.54, 1.807) is 0 Å². The first-order valence-corrected chi connectivity index (χ1v) is 24.9. The lowest BCUT2D eigenvalue weighted by Crippen LogP contribution is -2.61. The molecule has 13 rings (SSSR count). The molecule has 0 atom stereocenters. The van der Waals surface area contributed by atoms with Gasteiger partial charge < -0.3 is 18.8 Å². The van der Waals surface area contributed by atoms with Crippen LogP contribution < -0.4 is 26.2 Å². The van der Waals surface area contributed by atoms with Gasteiger partial charge in [0.05, 0.1) is 16.7 Å². The van der Waals surface area contributed by atoms with Gasteiger partial charge in [0.2, 0.25) is 0 Å². The van der Waals surface area contributed by atoms with Crippen LogP contribution in [0.2, 0.25) is 0 Å². The molecule has 70 heavy (non-hydrogen) atoms. The molecule has 0 spiro atoms. The molecule has 0 N–H and O–H groups in total. The second-order valence-corrected chi connectivity index (χ2v) is 21.9. The van der Waals surface area contributed by atoms with Gasteiger partial charge in [-0.05, 0) is 142 Å². The van der Waals surface area contributed by atoms with Crippen molar-refractivity contribution in [3.63, 3.8) is 0 Å². The number of furan rings is 1. The zero-order chi connectivity index (χ0) is 48.0. The van der Waals surface area contributed by atoms with E-state index in [1.807, 2.05) is 6.07 Å². The summed E-state index contributed by atoms with van der Waals surface area (Å²) in [6, 6.07) is 65.8. The van der Waals surface area contributed by atoms with Crippen molar-refractivity contribution in [1.82, 2.24) is 4.57 Å². The second-order valence-electron chi connectivity index (χ2n) is 21.9. The van der Waals surface area contributed by atoms with E-state index in [-0.39, 0.29) is 17.5 Å². The van der Waals surface area contributed by atoms with E-state index in [0.29, 0.717) is 0 Å². The summed E-state index contributed by atoms with van der Waals surface area (Å²) in [5.74, 6) is 0. The Morgan fingerprint density at radius 3 is 1.83 bits per heavy atom. The van der Waals surface area contributed by atoms with E-state index in [0.717, 1.165) is 44.4 Å². The maximum Gasteiger partial charge on any atom is 0.252 e. The molecule has 0 saturated carbocycles. The van der Waals surface area contributed by atoms with Gasteiger partial charge in [-0.25, -0.2) is 0 Å². The van der Waals surface area contributed by atoms with Crippen LogP contribution in [0.25, 0.3) is 60.6 Å². The Morgan fingerprint density at radius 2 is 1.10 bits per heavy atom. The summed E-state index contributed by atoms with van der Waals surface area (Å²) in [4.78, 5) is 5.18. The molecule has 11 aromatic rings. The van der Waals surface area contributed by atoms with Crippen molar-refractivity contribution in [3.05, 3.63) is 204 Å². The summed E-state index contributed by atoms with van der Waals surface area (Å²) in [7, 11) is 0. The average molecular weight is 906 g/mol. The van der Waals surface area contributed by atoms with E-state index in [9.17, 15) is 0 Å². The Kier molecular flexibility index (Phi) is 9.15. The molecule has 2 aliphatic heterocycles. The average Bonchev–Trinajstić information content (AvgIpc) is 3.88. The van der Waals surface area contributed by atoms with Gasteiger partial charge in [-0.3, -0.25) is 0 Å². The molecule has 0 aliphatic carbocycles. The van der Waals surface area contributed by atoms with Gasteiger partial charge in [0.1, 0.15) is 11.2 Å². The Balaban J connectivity index is 1.14. The van der Waals surface area contributed by atoms with Crippen molar-refractivity contribution in [2.75, 3.05) is 9.80 Å². The van der Waals surface area contributed by atoms with Crippen LogP contribution in [0, 0.1) is 20.8 Å². The highest BCUT2D eigenvalue weighted by molar-refractivity contribution is 7.00. The molecule has 0 saturated heterocycles. The standard InChI is InChI=1S/C65H56BN3O/c1-39-19-17-20-40(2)61(39)69-54-27-15-13-23-47(54)50-37-56-53(38-55(50)69)66-52-34-33-51(65(7,8)9)41(3)62(52)68(44-21-11-10-12-22-44)58-36-43(64(4,5)6)35-57(60(58)66)67(56)45-31-29-42(30-32-45)46-25-18-26-49-48-24-14-16-28-59(48)70-63(46)49/h10-38H,1-9H3. The molecule has 4 heterocycles. The van der Waals surface area contributed by atoms with E-state index in [2.05, 4.69) is 247 Å². The monoisotopic (exact) mass is 905 g/mol. The van der Waals surface area contributed by atoms with Crippen molar-refractivity contribution >= 4 is 101 Å². The first-order valence-electron chi connectivity index (χ1n) is 24.9. The number of aromatic nitrogens is 1. The van der Waals surface area contributed by atoms with Crippen molar-refractivity contribution in [3.8, 4) is 16.8 Å². The van der Waals surface area contributed by atoms with Gasteiger partial charge in [0.15, 0.2) is 0 Å². The number of hydrogen-bond donors (Lipinski definition) is 0. The molecule has 0 bridgehead atoms. The van der Waals surface area contributed by atoms with Crippen LogP contribution in [-0.2, 0) is 10.8 Å². The molecule has 2 aromatic heterocycles. The molecule has 5 heteroatoms. The van der Waals surface area contributed by atoms with E-state index < -0.39 is 0 Å². The minimum atomic E-state index is -0.143. The number of para-hydroxylation sites is 5. The highest BCUT2D eigenvalue weighted by Crippen LogP contribution is 2.49. The molecule has 340 valence electrons. The number of fused-ring (bicyclic) bond motifs is 10. The minimum Gasteiger partial charge on any atom is -0.455 e. The molecule has 0 fully saturated rings. The smallest absolute Gasteiger partial charge is 0.252 e. The Hall–Kier alpha value is -7.76. The number of benzene rings is 9. The fourth-order valence-electron chi connectivity index (χ4n) is 12.2. The molecular formula is C65H56BN3O. The number of aryl methyl sites for hydroxylation is 2. The fourth-order valence-corrected chi connectivity index (χ4v) is 12.2. The quantitative estimate of drug-likeness (QED) is 0.165. The van der Waals surface area contributed by atoms with Gasteiger partial charge in [-0.2, -0.15) is 0 Å². The summed E-state index contributed by atoms with van der Waals surface area (Å²) < 4.78 is 9.13. The molecule has 0 radical (unpaired) electrons. The Morgan fingerprint density at radius 1 is 0.457 bits per heavy atom. The highest BCUT2D eigenvalue weighted by Gasteiger charge is 2.45. The summed E-state index contributed by atoms with van der Waals surface area (Å²) in [6.07, 6.45) is 0. The Bertz CT molecular complexity index is 3930. The zero-order valence-electron chi connectivity index (χ0n) is 41.6. The summed E-state index contributed by atoms with van der Waals surface area (Å²) in [5.41, 5.74) is 25.2. The molecule has 0 amide bonds. The van der Waals surface area contributed by atoms with Gasteiger partial charge in [0.25, 0.3) is 6.71 Å². The van der Waals surface area contributed by atoms with Crippen molar-refractivity contribution in [2.45, 2.75) is 73.1 Å². The lowest BCUT2D eigenvalue weighted by atomic mass is 9.33. The lowest BCUT2D eigenvalue weighted by molar-refractivity contribution is 0.586. The van der Waals surface area contributed by atoms with E-state index in [1.165, 1.54) is 94.4 Å². The van der Waals surface area contributed by atoms with Crippen molar-refractivity contribution in [1.29, 1.82) is 0 Å². The minimum absolute atomic E-state index is 0.0493. The van der Waals surface area contributed by atoms with Crippen LogP contribution >= 0.6 is 0 Å². The Labute approximate surface area is 411 Å². The third kappa shape index (κ3) is 6.16. The number of anilines is 6. The zero-order valence-corrected chi connectivity index (χ0v) is 41.6. The van der Waals surface area contributed by atoms with E-state index in [4.69, 9.17) is 4.42 Å². The maximum atomic E-state index is 6.58. The SMILES string of the molecule is Cc1cccc(C)c1-n1c2ccccc2c2cc3c(cc21)B1c2ccc(C(C)(C)C)c(C)c2N(c2ccccc2)c2cc(C(C)(C)C)cc(c21)N3c1ccc(-c2cccc3c2oc2ccccc23)cc1. The fraction of sp³-hybridized carbons (Fsp3) is 0.169. The van der Waals surface area contributed by atoms with Crippen molar-refractivity contribution in [2.24, 2.45) is 0 Å². The molecule has 9 aromatic carbocycles. The summed E-state index contributed by atoms with van der Waals surface area (Å²) in [6.45, 7) is 20.9. The van der Waals surface area contributed by atoms with Gasteiger partial charge in [0, 0.05) is 61.2 Å². The van der Waals surface area contributed by atoms with Crippen LogP contribution in [0.3, 0.4) is 0 Å². The van der Waals surface area contributed by atoms with Crippen LogP contribution in [0.4, 0.5) is 34.1 Å². The van der Waals surface area contributed by atoms with Crippen LogP contribution in [0.5, 0.6) is 0 Å². The van der Waals surface area contributed by atoms with Crippen LogP contribution in [0.15, 0.2) is 180 Å². The molecule has 2 aliphatic rings. The summed E-state index contributed by atoms with van der Waals surface area (Å²) in [5, 5.41) is 4.76. The highest BCUT2D eigenvalue weighted by atomic mass is 16.3. The first kappa shape index (κ1) is 42.4. The molecule has 0 unspecified atom stereocenters. The topological polar surface area (TPSA) is 24.6 Å². The third-order valence-corrected chi connectivity index (χ3v) is 15.5. The maximum absolute atomic E-state index is 6.58.